The first-order valence-corrected chi connectivity index (χ1v) is 8.59. The van der Waals surface area contributed by atoms with Crippen molar-refractivity contribution in [1.29, 1.82) is 0 Å². The molecule has 2 heterocycles. The minimum atomic E-state index is -0.168. The highest BCUT2D eigenvalue weighted by atomic mass is 16.5. The molecule has 7 nitrogen and oxygen atoms in total. The van der Waals surface area contributed by atoms with Crippen molar-refractivity contribution in [3.8, 4) is 11.6 Å². The number of ether oxygens (including phenoxy) is 1. The van der Waals surface area contributed by atoms with Crippen molar-refractivity contribution in [3.63, 3.8) is 0 Å². The maximum atomic E-state index is 12.2. The number of rotatable bonds is 8. The summed E-state index contributed by atoms with van der Waals surface area (Å²) in [7, 11) is 1.58. The van der Waals surface area contributed by atoms with Crippen LogP contribution in [0.15, 0.2) is 61.1 Å². The third-order valence-electron chi connectivity index (χ3n) is 4.00. The van der Waals surface area contributed by atoms with Gasteiger partial charge >= 0.3 is 0 Å². The largest absolute Gasteiger partial charge is 0.497 e. The normalized spacial score (nSPS) is 10.4. The monoisotopic (exact) mass is 364 g/mol. The summed E-state index contributed by atoms with van der Waals surface area (Å²) in [5, 5.41) is 6.97. The lowest BCUT2D eigenvalue weighted by atomic mass is 10.1. The number of amides is 1. The van der Waals surface area contributed by atoms with E-state index in [1.165, 1.54) is 0 Å². The smallest absolute Gasteiger partial charge is 0.224 e. The van der Waals surface area contributed by atoms with Crippen LogP contribution in [0.1, 0.15) is 29.6 Å². The number of carbonyl (C=O) groups is 2. The quantitative estimate of drug-likeness (QED) is 0.620. The molecule has 0 aliphatic carbocycles. The van der Waals surface area contributed by atoms with Gasteiger partial charge in [-0.3, -0.25) is 9.59 Å². The van der Waals surface area contributed by atoms with Crippen LogP contribution in [0, 0.1) is 0 Å². The Hall–Kier alpha value is -3.48. The zero-order valence-corrected chi connectivity index (χ0v) is 15.0. The molecule has 3 rings (SSSR count). The molecule has 1 aromatic carbocycles. The number of carbonyl (C=O) groups excluding carboxylic acids is 2. The van der Waals surface area contributed by atoms with Crippen LogP contribution in [-0.4, -0.2) is 33.6 Å². The Kier molecular flexibility index (Phi) is 5.94. The van der Waals surface area contributed by atoms with E-state index in [2.05, 4.69) is 15.4 Å². The number of methoxy groups -OCH3 is 1. The molecule has 3 aromatic rings. The second-order valence-electron chi connectivity index (χ2n) is 5.88. The minimum Gasteiger partial charge on any atom is -0.497 e. The number of Topliss-reactive ketones (excluding diaryl/α,β-unsaturated/α-hetero) is 1. The number of hydrogen-bond acceptors (Lipinski definition) is 5. The van der Waals surface area contributed by atoms with E-state index in [4.69, 9.17) is 4.74 Å². The van der Waals surface area contributed by atoms with Gasteiger partial charge in [0.1, 0.15) is 5.75 Å². The van der Waals surface area contributed by atoms with Crippen LogP contribution >= 0.6 is 0 Å². The third-order valence-corrected chi connectivity index (χ3v) is 4.00. The molecule has 0 fully saturated rings. The molecule has 1 amide bonds. The molecule has 0 aliphatic heterocycles. The SMILES string of the molecule is COc1ccc(C(=O)CCCC(=O)Nc2cccnc2-n2cccn2)cc1. The van der Waals surface area contributed by atoms with Crippen LogP contribution in [-0.2, 0) is 4.79 Å². The number of aromatic nitrogens is 3. The minimum absolute atomic E-state index is 0.00376. The fraction of sp³-hybridized carbons (Fsp3) is 0.200. The Bertz CT molecular complexity index is 905. The summed E-state index contributed by atoms with van der Waals surface area (Å²) in [6, 6.07) is 12.3. The molecule has 0 aliphatic rings. The molecule has 0 spiro atoms. The molecule has 2 aromatic heterocycles. The lowest BCUT2D eigenvalue weighted by Crippen LogP contribution is -2.14. The number of ketones is 1. The van der Waals surface area contributed by atoms with E-state index in [0.29, 0.717) is 35.7 Å². The number of hydrogen-bond donors (Lipinski definition) is 1. The average molecular weight is 364 g/mol. The Balaban J connectivity index is 1.52. The Morgan fingerprint density at radius 3 is 2.59 bits per heavy atom. The molecule has 0 atom stereocenters. The molecule has 138 valence electrons. The van der Waals surface area contributed by atoms with Gasteiger partial charge < -0.3 is 10.1 Å². The maximum absolute atomic E-state index is 12.2. The van der Waals surface area contributed by atoms with Gasteiger partial charge in [-0.25, -0.2) is 9.67 Å². The zero-order valence-electron chi connectivity index (χ0n) is 15.0. The van der Waals surface area contributed by atoms with E-state index >= 15 is 0 Å². The van der Waals surface area contributed by atoms with Crippen LogP contribution in [0.25, 0.3) is 5.82 Å². The predicted octanol–water partition coefficient (Wildman–Crippen LogP) is 3.27. The van der Waals surface area contributed by atoms with Crippen molar-refractivity contribution in [2.75, 3.05) is 12.4 Å². The van der Waals surface area contributed by atoms with Gasteiger partial charge in [-0.2, -0.15) is 5.10 Å². The van der Waals surface area contributed by atoms with Gasteiger partial charge in [0, 0.05) is 37.0 Å². The first-order valence-electron chi connectivity index (χ1n) is 8.59. The lowest BCUT2D eigenvalue weighted by molar-refractivity contribution is -0.116. The Morgan fingerprint density at radius 1 is 1.07 bits per heavy atom. The van der Waals surface area contributed by atoms with Crippen LogP contribution in [0.2, 0.25) is 0 Å². The maximum Gasteiger partial charge on any atom is 0.224 e. The highest BCUT2D eigenvalue weighted by Crippen LogP contribution is 2.17. The molecule has 0 unspecified atom stereocenters. The Labute approximate surface area is 157 Å². The average Bonchev–Trinajstić information content (AvgIpc) is 3.23. The lowest BCUT2D eigenvalue weighted by Gasteiger charge is -2.10. The van der Waals surface area contributed by atoms with E-state index in [1.807, 2.05) is 0 Å². The summed E-state index contributed by atoms with van der Waals surface area (Å²) in [5.74, 6) is 1.09. The van der Waals surface area contributed by atoms with Crippen molar-refractivity contribution >= 4 is 17.4 Å². The van der Waals surface area contributed by atoms with E-state index in [9.17, 15) is 9.59 Å². The van der Waals surface area contributed by atoms with Crippen LogP contribution in [0.5, 0.6) is 5.75 Å². The fourth-order valence-electron chi connectivity index (χ4n) is 2.61. The number of pyridine rings is 1. The third kappa shape index (κ3) is 4.78. The van der Waals surface area contributed by atoms with Gasteiger partial charge in [-0.15, -0.1) is 0 Å². The number of benzene rings is 1. The first kappa shape index (κ1) is 18.3. The second-order valence-corrected chi connectivity index (χ2v) is 5.88. The molecule has 0 saturated heterocycles. The topological polar surface area (TPSA) is 86.1 Å². The highest BCUT2D eigenvalue weighted by molar-refractivity contribution is 5.97. The molecule has 0 bridgehead atoms. The van der Waals surface area contributed by atoms with Gasteiger partial charge in [-0.05, 0) is 48.9 Å². The van der Waals surface area contributed by atoms with Crippen molar-refractivity contribution in [1.82, 2.24) is 14.8 Å². The molecule has 27 heavy (non-hydrogen) atoms. The zero-order chi connectivity index (χ0) is 19.1. The Morgan fingerprint density at radius 2 is 1.89 bits per heavy atom. The van der Waals surface area contributed by atoms with Gasteiger partial charge in [0.25, 0.3) is 0 Å². The van der Waals surface area contributed by atoms with Gasteiger partial charge in [-0.1, -0.05) is 0 Å². The molecular formula is C20H20N4O3. The summed E-state index contributed by atoms with van der Waals surface area (Å²) in [4.78, 5) is 28.7. The molecule has 0 radical (unpaired) electrons. The van der Waals surface area contributed by atoms with Crippen LogP contribution in [0.4, 0.5) is 5.69 Å². The van der Waals surface area contributed by atoms with Crippen LogP contribution < -0.4 is 10.1 Å². The summed E-state index contributed by atoms with van der Waals surface area (Å²) in [6.45, 7) is 0. The second kappa shape index (κ2) is 8.75. The van der Waals surface area contributed by atoms with Gasteiger partial charge in [0.05, 0.1) is 12.8 Å². The van der Waals surface area contributed by atoms with Crippen LogP contribution in [0.3, 0.4) is 0 Å². The number of nitrogens with one attached hydrogen (secondary N) is 1. The summed E-state index contributed by atoms with van der Waals surface area (Å²) in [6.07, 6.45) is 6.05. The van der Waals surface area contributed by atoms with Gasteiger partial charge in [0.15, 0.2) is 11.6 Å². The summed E-state index contributed by atoms with van der Waals surface area (Å²) < 4.78 is 6.67. The van der Waals surface area contributed by atoms with E-state index in [1.54, 1.807) is 72.8 Å². The highest BCUT2D eigenvalue weighted by Gasteiger charge is 2.11. The number of nitrogens with zero attached hydrogens (tertiary/aromatic N) is 3. The van der Waals surface area contributed by atoms with Gasteiger partial charge in [0.2, 0.25) is 5.91 Å². The first-order chi connectivity index (χ1) is 13.2. The fourth-order valence-corrected chi connectivity index (χ4v) is 2.61. The molecular weight excluding hydrogens is 344 g/mol. The predicted molar refractivity (Wildman–Crippen MR) is 101 cm³/mol. The summed E-state index contributed by atoms with van der Waals surface area (Å²) in [5.41, 5.74) is 1.19. The molecule has 1 N–H and O–H groups in total. The van der Waals surface area contributed by atoms with E-state index < -0.39 is 0 Å². The summed E-state index contributed by atoms with van der Waals surface area (Å²) >= 11 is 0. The molecule has 0 saturated carbocycles. The number of anilines is 1. The van der Waals surface area contributed by atoms with Crippen molar-refractivity contribution in [3.05, 3.63) is 66.6 Å². The molecule has 7 heteroatoms. The van der Waals surface area contributed by atoms with Crippen molar-refractivity contribution in [2.45, 2.75) is 19.3 Å². The van der Waals surface area contributed by atoms with E-state index in [-0.39, 0.29) is 18.1 Å². The van der Waals surface area contributed by atoms with E-state index in [0.717, 1.165) is 0 Å². The standard InChI is InChI=1S/C20H20N4O3/c1-27-16-10-8-15(9-11-16)18(25)6-2-7-19(26)23-17-5-3-12-21-20(17)24-14-4-13-22-24/h3-5,8-14H,2,6-7H2,1H3,(H,23,26). The van der Waals surface area contributed by atoms with Crippen molar-refractivity contribution in [2.24, 2.45) is 0 Å². The van der Waals surface area contributed by atoms with Crippen molar-refractivity contribution < 1.29 is 14.3 Å².